The summed E-state index contributed by atoms with van der Waals surface area (Å²) in [6.45, 7) is 0. The predicted molar refractivity (Wildman–Crippen MR) is 104 cm³/mol. The summed E-state index contributed by atoms with van der Waals surface area (Å²) in [7, 11) is 2.92. The second kappa shape index (κ2) is 8.47. The maximum Gasteiger partial charge on any atom is 0.416 e. The molecule has 6 nitrogen and oxygen atoms in total. The Morgan fingerprint density at radius 3 is 2.30 bits per heavy atom. The molecule has 1 fully saturated rings. The minimum atomic E-state index is -4.54. The van der Waals surface area contributed by atoms with Crippen molar-refractivity contribution >= 4 is 23.6 Å². The van der Waals surface area contributed by atoms with Gasteiger partial charge in [0.05, 0.1) is 19.8 Å². The Bertz CT molecular complexity index is 948. The van der Waals surface area contributed by atoms with Crippen molar-refractivity contribution in [1.29, 1.82) is 0 Å². The molecule has 2 atom stereocenters. The second-order valence-corrected chi connectivity index (χ2v) is 7.55. The molecule has 2 aromatic carbocycles. The number of aliphatic carboxylic acids is 1. The van der Waals surface area contributed by atoms with Crippen molar-refractivity contribution in [3.05, 3.63) is 59.2 Å². The predicted octanol–water partition coefficient (Wildman–Crippen LogP) is 4.06. The summed E-state index contributed by atoms with van der Waals surface area (Å²) in [5.41, 5.74) is -0.398. The fourth-order valence-electron chi connectivity index (χ4n) is 3.17. The quantitative estimate of drug-likeness (QED) is 0.754. The molecule has 2 unspecified atom stereocenters. The van der Waals surface area contributed by atoms with Crippen LogP contribution >= 0.6 is 11.8 Å². The standard InChI is InChI=1S/C20H18F3NO5S/c1-28-13-7-8-16(29-2)14(9-13)18-24(15(10-30-18)19(26)27)17(25)11-3-5-12(6-4-11)20(21,22)23/h3-9,15,18H,10H2,1-2H3,(H,26,27). The Morgan fingerprint density at radius 1 is 1.10 bits per heavy atom. The van der Waals surface area contributed by atoms with E-state index in [4.69, 9.17) is 9.47 Å². The minimum Gasteiger partial charge on any atom is -0.497 e. The van der Waals surface area contributed by atoms with Gasteiger partial charge in [-0.1, -0.05) is 0 Å². The Morgan fingerprint density at radius 2 is 1.77 bits per heavy atom. The Kier molecular flexibility index (Phi) is 6.16. The number of hydrogen-bond donors (Lipinski definition) is 1. The number of hydrogen-bond acceptors (Lipinski definition) is 5. The van der Waals surface area contributed by atoms with Gasteiger partial charge in [-0.05, 0) is 42.5 Å². The van der Waals surface area contributed by atoms with E-state index in [1.807, 2.05) is 0 Å². The van der Waals surface area contributed by atoms with E-state index in [1.54, 1.807) is 18.2 Å². The van der Waals surface area contributed by atoms with Gasteiger partial charge in [-0.3, -0.25) is 4.79 Å². The SMILES string of the molecule is COc1ccc(OC)c(C2SCC(C(=O)O)N2C(=O)c2ccc(C(F)(F)F)cc2)c1. The number of alkyl halides is 3. The number of carbonyl (C=O) groups is 2. The van der Waals surface area contributed by atoms with Crippen LogP contribution in [-0.4, -0.2) is 47.9 Å². The van der Waals surface area contributed by atoms with E-state index < -0.39 is 35.0 Å². The number of carbonyl (C=O) groups excluding carboxylic acids is 1. The highest BCUT2D eigenvalue weighted by molar-refractivity contribution is 7.99. The molecule has 0 spiro atoms. The molecule has 30 heavy (non-hydrogen) atoms. The van der Waals surface area contributed by atoms with Gasteiger partial charge in [0, 0.05) is 16.9 Å². The van der Waals surface area contributed by atoms with Gasteiger partial charge in [0.25, 0.3) is 5.91 Å². The molecule has 1 N–H and O–H groups in total. The van der Waals surface area contributed by atoms with E-state index in [1.165, 1.54) is 26.0 Å². The molecular weight excluding hydrogens is 423 g/mol. The van der Waals surface area contributed by atoms with Crippen molar-refractivity contribution in [2.24, 2.45) is 0 Å². The molecule has 1 amide bonds. The molecule has 1 aliphatic rings. The van der Waals surface area contributed by atoms with E-state index >= 15 is 0 Å². The van der Waals surface area contributed by atoms with E-state index in [9.17, 15) is 27.9 Å². The number of thioether (sulfide) groups is 1. The van der Waals surface area contributed by atoms with Gasteiger partial charge < -0.3 is 19.5 Å². The van der Waals surface area contributed by atoms with Gasteiger partial charge in [-0.15, -0.1) is 11.8 Å². The lowest BCUT2D eigenvalue weighted by molar-refractivity contribution is -0.141. The Hall–Kier alpha value is -2.88. The van der Waals surface area contributed by atoms with Crippen LogP contribution in [0.1, 0.15) is 26.9 Å². The first kappa shape index (κ1) is 21.8. The maximum atomic E-state index is 13.2. The van der Waals surface area contributed by atoms with Gasteiger partial charge in [-0.25, -0.2) is 4.79 Å². The molecule has 2 aromatic rings. The third-order valence-electron chi connectivity index (χ3n) is 4.68. The number of amides is 1. The van der Waals surface area contributed by atoms with Gasteiger partial charge in [0.2, 0.25) is 0 Å². The van der Waals surface area contributed by atoms with Gasteiger partial charge in [0.15, 0.2) is 0 Å². The highest BCUT2D eigenvalue weighted by atomic mass is 32.2. The highest BCUT2D eigenvalue weighted by Crippen LogP contribution is 2.46. The first-order valence-electron chi connectivity index (χ1n) is 8.73. The largest absolute Gasteiger partial charge is 0.497 e. The number of halogens is 3. The molecule has 0 aliphatic carbocycles. The molecule has 160 valence electrons. The zero-order valence-electron chi connectivity index (χ0n) is 16.0. The lowest BCUT2D eigenvalue weighted by Gasteiger charge is -2.29. The van der Waals surface area contributed by atoms with Crippen LogP contribution in [0.5, 0.6) is 11.5 Å². The molecular formula is C20H18F3NO5S. The Labute approximate surface area is 174 Å². The summed E-state index contributed by atoms with van der Waals surface area (Å²) >= 11 is 1.23. The number of ether oxygens (including phenoxy) is 2. The van der Waals surface area contributed by atoms with Crippen molar-refractivity contribution < 1.29 is 37.3 Å². The van der Waals surface area contributed by atoms with Gasteiger partial charge in [0.1, 0.15) is 22.9 Å². The van der Waals surface area contributed by atoms with Gasteiger partial charge >= 0.3 is 12.1 Å². The number of nitrogens with zero attached hydrogens (tertiary/aromatic N) is 1. The number of carboxylic acid groups (broad SMARTS) is 1. The van der Waals surface area contributed by atoms with E-state index in [0.29, 0.717) is 17.1 Å². The molecule has 1 heterocycles. The Balaban J connectivity index is 2.02. The second-order valence-electron chi connectivity index (χ2n) is 6.44. The van der Waals surface area contributed by atoms with E-state index in [-0.39, 0.29) is 11.3 Å². The number of benzene rings is 2. The van der Waals surface area contributed by atoms with Crippen LogP contribution in [0.3, 0.4) is 0 Å². The smallest absolute Gasteiger partial charge is 0.416 e. The molecule has 0 radical (unpaired) electrons. The summed E-state index contributed by atoms with van der Waals surface area (Å²) in [4.78, 5) is 26.1. The van der Waals surface area contributed by atoms with Crippen LogP contribution in [0.4, 0.5) is 13.2 Å². The summed E-state index contributed by atoms with van der Waals surface area (Å²) in [5, 5.41) is 8.89. The number of rotatable bonds is 5. The number of methoxy groups -OCH3 is 2. The molecule has 10 heteroatoms. The molecule has 0 aromatic heterocycles. The molecule has 3 rings (SSSR count). The molecule has 0 saturated carbocycles. The average Bonchev–Trinajstić information content (AvgIpc) is 3.17. The molecule has 1 saturated heterocycles. The normalized spacial score (nSPS) is 18.9. The van der Waals surface area contributed by atoms with Crippen molar-refractivity contribution in [2.45, 2.75) is 17.6 Å². The zero-order valence-corrected chi connectivity index (χ0v) is 16.8. The minimum absolute atomic E-state index is 0.0383. The van der Waals surface area contributed by atoms with Crippen molar-refractivity contribution in [2.75, 3.05) is 20.0 Å². The first-order valence-corrected chi connectivity index (χ1v) is 9.78. The topological polar surface area (TPSA) is 76.1 Å². The lowest BCUT2D eigenvalue weighted by atomic mass is 10.1. The molecule has 0 bridgehead atoms. The monoisotopic (exact) mass is 441 g/mol. The average molecular weight is 441 g/mol. The van der Waals surface area contributed by atoms with E-state index in [0.717, 1.165) is 29.2 Å². The van der Waals surface area contributed by atoms with Crippen molar-refractivity contribution in [1.82, 2.24) is 4.90 Å². The first-order chi connectivity index (χ1) is 14.2. The summed E-state index contributed by atoms with van der Waals surface area (Å²) < 4.78 is 49.1. The van der Waals surface area contributed by atoms with Crippen LogP contribution < -0.4 is 9.47 Å². The summed E-state index contributed by atoms with van der Waals surface area (Å²) in [6, 6.07) is 7.50. The summed E-state index contributed by atoms with van der Waals surface area (Å²) in [5.74, 6) is -0.841. The van der Waals surface area contributed by atoms with Crippen molar-refractivity contribution in [3.63, 3.8) is 0 Å². The third kappa shape index (κ3) is 4.18. The van der Waals surface area contributed by atoms with E-state index in [2.05, 4.69) is 0 Å². The summed E-state index contributed by atoms with van der Waals surface area (Å²) in [6.07, 6.45) is -4.54. The van der Waals surface area contributed by atoms with Crippen LogP contribution in [0.2, 0.25) is 0 Å². The van der Waals surface area contributed by atoms with Crippen LogP contribution in [-0.2, 0) is 11.0 Å². The van der Waals surface area contributed by atoms with Gasteiger partial charge in [-0.2, -0.15) is 13.2 Å². The van der Waals surface area contributed by atoms with Crippen molar-refractivity contribution in [3.8, 4) is 11.5 Å². The lowest BCUT2D eigenvalue weighted by Crippen LogP contribution is -2.43. The fourth-order valence-corrected chi connectivity index (χ4v) is 4.60. The molecule has 1 aliphatic heterocycles. The van der Waals surface area contributed by atoms with Crippen LogP contribution in [0.15, 0.2) is 42.5 Å². The highest BCUT2D eigenvalue weighted by Gasteiger charge is 2.44. The van der Waals surface area contributed by atoms with Crippen LogP contribution in [0, 0.1) is 0 Å². The zero-order chi connectivity index (χ0) is 22.1. The number of carboxylic acids is 1. The van der Waals surface area contributed by atoms with Crippen LogP contribution in [0.25, 0.3) is 0 Å². The third-order valence-corrected chi connectivity index (χ3v) is 5.99. The fraction of sp³-hybridized carbons (Fsp3) is 0.300. The maximum absolute atomic E-state index is 13.2.